The minimum Gasteiger partial charge on any atom is -0.377 e. The highest BCUT2D eigenvalue weighted by molar-refractivity contribution is 4.87. The zero-order chi connectivity index (χ0) is 8.27. The molecule has 2 heteroatoms. The molecule has 0 amide bonds. The number of hydrogen-bond donors (Lipinski definition) is 1. The Morgan fingerprint density at radius 2 is 2.18 bits per heavy atom. The SMILES string of the molecule is CCOC(C1CC1)C(C)NC. The molecule has 0 saturated heterocycles. The Morgan fingerprint density at radius 1 is 1.55 bits per heavy atom. The van der Waals surface area contributed by atoms with Crippen LogP contribution in [-0.4, -0.2) is 25.8 Å². The minimum absolute atomic E-state index is 0.449. The fraction of sp³-hybridized carbons (Fsp3) is 1.00. The molecular weight excluding hydrogens is 138 g/mol. The molecule has 1 aliphatic rings. The van der Waals surface area contributed by atoms with Gasteiger partial charge in [0.05, 0.1) is 6.10 Å². The van der Waals surface area contributed by atoms with E-state index in [4.69, 9.17) is 4.74 Å². The van der Waals surface area contributed by atoms with E-state index in [-0.39, 0.29) is 0 Å². The van der Waals surface area contributed by atoms with Gasteiger partial charge in [-0.25, -0.2) is 0 Å². The maximum atomic E-state index is 5.66. The van der Waals surface area contributed by atoms with Gasteiger partial charge in [0.2, 0.25) is 0 Å². The zero-order valence-corrected chi connectivity index (χ0v) is 7.76. The topological polar surface area (TPSA) is 21.3 Å². The number of rotatable bonds is 5. The molecule has 0 radical (unpaired) electrons. The van der Waals surface area contributed by atoms with E-state index in [0.29, 0.717) is 12.1 Å². The summed E-state index contributed by atoms with van der Waals surface area (Å²) in [5.74, 6) is 0.831. The van der Waals surface area contributed by atoms with Crippen molar-refractivity contribution in [3.05, 3.63) is 0 Å². The quantitative estimate of drug-likeness (QED) is 0.651. The normalized spacial score (nSPS) is 23.2. The van der Waals surface area contributed by atoms with Crippen molar-refractivity contribution >= 4 is 0 Å². The van der Waals surface area contributed by atoms with E-state index in [2.05, 4.69) is 19.2 Å². The summed E-state index contributed by atoms with van der Waals surface area (Å²) in [6.07, 6.45) is 3.16. The number of likely N-dealkylation sites (N-methyl/N-ethyl adjacent to an activating group) is 1. The lowest BCUT2D eigenvalue weighted by atomic mass is 10.1. The lowest BCUT2D eigenvalue weighted by Gasteiger charge is -2.22. The Bertz CT molecular complexity index is 112. The molecule has 1 saturated carbocycles. The highest BCUT2D eigenvalue weighted by atomic mass is 16.5. The standard InChI is InChI=1S/C9H19NO/c1-4-11-9(7(2)10-3)8-5-6-8/h7-10H,4-6H2,1-3H3. The molecule has 0 bridgehead atoms. The van der Waals surface area contributed by atoms with Gasteiger partial charge in [-0.1, -0.05) is 0 Å². The molecule has 0 aromatic rings. The van der Waals surface area contributed by atoms with Crippen LogP contribution in [0.5, 0.6) is 0 Å². The van der Waals surface area contributed by atoms with Gasteiger partial charge in [-0.2, -0.15) is 0 Å². The van der Waals surface area contributed by atoms with Crippen LogP contribution in [-0.2, 0) is 4.74 Å². The van der Waals surface area contributed by atoms with Crippen molar-refractivity contribution in [2.45, 2.75) is 38.8 Å². The van der Waals surface area contributed by atoms with Crippen molar-refractivity contribution in [1.82, 2.24) is 5.32 Å². The molecule has 66 valence electrons. The molecule has 0 aliphatic heterocycles. The van der Waals surface area contributed by atoms with E-state index in [1.807, 2.05) is 7.05 Å². The fourth-order valence-electron chi connectivity index (χ4n) is 1.47. The van der Waals surface area contributed by atoms with E-state index in [1.54, 1.807) is 0 Å². The van der Waals surface area contributed by atoms with Crippen molar-refractivity contribution in [1.29, 1.82) is 0 Å². The van der Waals surface area contributed by atoms with Crippen molar-refractivity contribution in [3.63, 3.8) is 0 Å². The van der Waals surface area contributed by atoms with E-state index in [9.17, 15) is 0 Å². The van der Waals surface area contributed by atoms with Crippen LogP contribution in [0, 0.1) is 5.92 Å². The van der Waals surface area contributed by atoms with Crippen LogP contribution in [0.15, 0.2) is 0 Å². The van der Waals surface area contributed by atoms with E-state index < -0.39 is 0 Å². The third-order valence-corrected chi connectivity index (χ3v) is 2.39. The van der Waals surface area contributed by atoms with Crippen molar-refractivity contribution in [3.8, 4) is 0 Å². The molecule has 2 atom stereocenters. The first kappa shape index (κ1) is 9.01. The summed E-state index contributed by atoms with van der Waals surface area (Å²) in [7, 11) is 2.00. The Morgan fingerprint density at radius 3 is 2.55 bits per heavy atom. The Labute approximate surface area is 69.3 Å². The molecule has 0 aromatic heterocycles. The lowest BCUT2D eigenvalue weighted by Crippen LogP contribution is -2.38. The summed E-state index contributed by atoms with van der Waals surface area (Å²) in [5, 5.41) is 3.25. The van der Waals surface area contributed by atoms with E-state index in [1.165, 1.54) is 12.8 Å². The second kappa shape index (κ2) is 4.07. The Hall–Kier alpha value is -0.0800. The molecule has 1 aliphatic carbocycles. The monoisotopic (exact) mass is 157 g/mol. The van der Waals surface area contributed by atoms with E-state index in [0.717, 1.165) is 12.5 Å². The molecule has 0 heterocycles. The van der Waals surface area contributed by atoms with Gasteiger partial charge in [0.15, 0.2) is 0 Å². The molecule has 1 N–H and O–H groups in total. The summed E-state index contributed by atoms with van der Waals surface area (Å²) >= 11 is 0. The van der Waals surface area contributed by atoms with Gasteiger partial charge in [0.1, 0.15) is 0 Å². The smallest absolute Gasteiger partial charge is 0.0753 e. The highest BCUT2D eigenvalue weighted by Gasteiger charge is 2.34. The van der Waals surface area contributed by atoms with Crippen LogP contribution < -0.4 is 5.32 Å². The number of hydrogen-bond acceptors (Lipinski definition) is 2. The van der Waals surface area contributed by atoms with Crippen LogP contribution >= 0.6 is 0 Å². The lowest BCUT2D eigenvalue weighted by molar-refractivity contribution is 0.0255. The maximum absolute atomic E-state index is 5.66. The van der Waals surface area contributed by atoms with Crippen LogP contribution in [0.1, 0.15) is 26.7 Å². The largest absolute Gasteiger partial charge is 0.377 e. The van der Waals surface area contributed by atoms with Gasteiger partial charge in [0, 0.05) is 12.6 Å². The van der Waals surface area contributed by atoms with Crippen molar-refractivity contribution in [2.24, 2.45) is 5.92 Å². The van der Waals surface area contributed by atoms with Gasteiger partial charge in [-0.15, -0.1) is 0 Å². The van der Waals surface area contributed by atoms with E-state index >= 15 is 0 Å². The van der Waals surface area contributed by atoms with Crippen LogP contribution in [0.4, 0.5) is 0 Å². The first-order valence-electron chi connectivity index (χ1n) is 4.58. The van der Waals surface area contributed by atoms with Crippen LogP contribution in [0.25, 0.3) is 0 Å². The number of ether oxygens (including phenoxy) is 1. The molecule has 1 fully saturated rings. The maximum Gasteiger partial charge on any atom is 0.0753 e. The summed E-state index contributed by atoms with van der Waals surface area (Å²) in [4.78, 5) is 0. The summed E-state index contributed by atoms with van der Waals surface area (Å²) < 4.78 is 5.66. The molecule has 0 aromatic carbocycles. The average Bonchev–Trinajstić information content (AvgIpc) is 2.81. The van der Waals surface area contributed by atoms with Gasteiger partial charge in [0.25, 0.3) is 0 Å². The van der Waals surface area contributed by atoms with Gasteiger partial charge < -0.3 is 10.1 Å². The third kappa shape index (κ3) is 2.46. The predicted octanol–water partition coefficient (Wildman–Crippen LogP) is 1.41. The van der Waals surface area contributed by atoms with Crippen molar-refractivity contribution in [2.75, 3.05) is 13.7 Å². The van der Waals surface area contributed by atoms with Crippen molar-refractivity contribution < 1.29 is 4.74 Å². The first-order chi connectivity index (χ1) is 5.29. The second-order valence-corrected chi connectivity index (χ2v) is 3.33. The first-order valence-corrected chi connectivity index (χ1v) is 4.58. The molecule has 1 rings (SSSR count). The Kier molecular flexibility index (Phi) is 3.34. The van der Waals surface area contributed by atoms with Crippen LogP contribution in [0.3, 0.4) is 0 Å². The molecular formula is C9H19NO. The average molecular weight is 157 g/mol. The number of nitrogens with one attached hydrogen (secondary N) is 1. The third-order valence-electron chi connectivity index (χ3n) is 2.39. The predicted molar refractivity (Wildman–Crippen MR) is 46.7 cm³/mol. The molecule has 11 heavy (non-hydrogen) atoms. The van der Waals surface area contributed by atoms with Crippen LogP contribution in [0.2, 0.25) is 0 Å². The van der Waals surface area contributed by atoms with Gasteiger partial charge >= 0.3 is 0 Å². The summed E-state index contributed by atoms with van der Waals surface area (Å²) in [6, 6.07) is 0.502. The molecule has 0 spiro atoms. The fourth-order valence-corrected chi connectivity index (χ4v) is 1.47. The van der Waals surface area contributed by atoms with Gasteiger partial charge in [-0.3, -0.25) is 0 Å². The summed E-state index contributed by atoms with van der Waals surface area (Å²) in [6.45, 7) is 5.10. The molecule has 2 unspecified atom stereocenters. The summed E-state index contributed by atoms with van der Waals surface area (Å²) in [5.41, 5.74) is 0. The highest BCUT2D eigenvalue weighted by Crippen LogP contribution is 2.35. The molecule has 2 nitrogen and oxygen atoms in total. The van der Waals surface area contributed by atoms with Gasteiger partial charge in [-0.05, 0) is 39.7 Å². The second-order valence-electron chi connectivity index (χ2n) is 3.33. The minimum atomic E-state index is 0.449. The Balaban J connectivity index is 2.30. The zero-order valence-electron chi connectivity index (χ0n) is 7.76.